The van der Waals surface area contributed by atoms with Crippen LogP contribution in [0.4, 0.5) is 0 Å². The minimum Gasteiger partial charge on any atom is -0.367 e. The molecule has 92 valence electrons. The van der Waals surface area contributed by atoms with E-state index < -0.39 is 0 Å². The summed E-state index contributed by atoms with van der Waals surface area (Å²) in [5, 5.41) is 3.62. The van der Waals surface area contributed by atoms with E-state index in [1.54, 1.807) is 0 Å². The average molecular weight is 223 g/mol. The number of hydrogen-bond acceptors (Lipinski definition) is 2. The van der Waals surface area contributed by atoms with Crippen molar-refractivity contribution in [1.82, 2.24) is 15.2 Å². The van der Waals surface area contributed by atoms with Gasteiger partial charge in [0.05, 0.1) is 0 Å². The summed E-state index contributed by atoms with van der Waals surface area (Å²) in [7, 11) is 4.26. The van der Waals surface area contributed by atoms with E-state index in [-0.39, 0.29) is 0 Å². The maximum Gasteiger partial charge on any atom is 0.0223 e. The number of aromatic nitrogens is 1. The summed E-state index contributed by atoms with van der Waals surface area (Å²) in [4.78, 5) is 5.33. The van der Waals surface area contributed by atoms with Crippen LogP contribution in [0.5, 0.6) is 0 Å². The molecular weight excluding hydrogens is 198 g/mol. The second-order valence-electron chi connectivity index (χ2n) is 5.19. The molecule has 1 aromatic rings. The number of nitrogens with zero attached hydrogens (tertiary/aromatic N) is 1. The van der Waals surface area contributed by atoms with Gasteiger partial charge in [0, 0.05) is 31.5 Å². The van der Waals surface area contributed by atoms with E-state index in [4.69, 9.17) is 0 Å². The highest BCUT2D eigenvalue weighted by Gasteiger charge is 2.11. The lowest BCUT2D eigenvalue weighted by Crippen LogP contribution is -2.38. The third-order valence-electron chi connectivity index (χ3n) is 2.60. The summed E-state index contributed by atoms with van der Waals surface area (Å²) in [5.74, 6) is 0.740. The lowest BCUT2D eigenvalue weighted by Gasteiger charge is -2.23. The molecule has 0 fully saturated rings. The average Bonchev–Trinajstić information content (AvgIpc) is 2.64. The second-order valence-corrected chi connectivity index (χ2v) is 5.19. The van der Waals surface area contributed by atoms with Crippen molar-refractivity contribution in [2.24, 2.45) is 5.92 Å². The molecule has 0 aliphatic heterocycles. The monoisotopic (exact) mass is 223 g/mol. The largest absolute Gasteiger partial charge is 0.367 e. The third-order valence-corrected chi connectivity index (χ3v) is 2.60. The lowest BCUT2D eigenvalue weighted by molar-refractivity contribution is 0.305. The van der Waals surface area contributed by atoms with Crippen LogP contribution in [0.2, 0.25) is 0 Å². The van der Waals surface area contributed by atoms with Gasteiger partial charge in [-0.1, -0.05) is 13.8 Å². The molecule has 3 nitrogen and oxygen atoms in total. The Hall–Kier alpha value is -0.800. The molecule has 0 aliphatic carbocycles. The number of likely N-dealkylation sites (N-methyl/N-ethyl adjacent to an activating group) is 1. The van der Waals surface area contributed by atoms with Gasteiger partial charge < -0.3 is 15.2 Å². The number of H-pyrrole nitrogens is 1. The van der Waals surface area contributed by atoms with Gasteiger partial charge in [-0.2, -0.15) is 0 Å². The van der Waals surface area contributed by atoms with Crippen LogP contribution >= 0.6 is 0 Å². The van der Waals surface area contributed by atoms with E-state index >= 15 is 0 Å². The molecule has 0 amide bonds. The Kier molecular flexibility index (Phi) is 5.56. The Morgan fingerprint density at radius 3 is 2.62 bits per heavy atom. The minimum atomic E-state index is 0.574. The molecule has 0 bridgehead atoms. The van der Waals surface area contributed by atoms with Crippen LogP contribution in [-0.4, -0.2) is 36.6 Å². The molecule has 1 rings (SSSR count). The predicted octanol–water partition coefficient (Wildman–Crippen LogP) is 2.08. The minimum absolute atomic E-state index is 0.574. The van der Waals surface area contributed by atoms with Gasteiger partial charge in [0.2, 0.25) is 0 Å². The van der Waals surface area contributed by atoms with Crippen LogP contribution < -0.4 is 5.32 Å². The molecule has 16 heavy (non-hydrogen) atoms. The van der Waals surface area contributed by atoms with Crippen molar-refractivity contribution in [2.75, 3.05) is 20.6 Å². The maximum atomic E-state index is 3.62. The number of rotatable bonds is 7. The summed E-state index contributed by atoms with van der Waals surface area (Å²) in [6, 6.07) is 2.69. The van der Waals surface area contributed by atoms with Crippen LogP contribution in [0.3, 0.4) is 0 Å². The highest BCUT2D eigenvalue weighted by molar-refractivity contribution is 5.07. The fourth-order valence-electron chi connectivity index (χ4n) is 1.96. The smallest absolute Gasteiger partial charge is 0.0223 e. The van der Waals surface area contributed by atoms with Crippen LogP contribution in [0, 0.1) is 5.92 Å². The molecule has 1 atom stereocenters. The first-order valence-electron chi connectivity index (χ1n) is 6.07. The first kappa shape index (κ1) is 13.3. The molecule has 0 saturated heterocycles. The zero-order valence-electron chi connectivity index (χ0n) is 11.0. The van der Waals surface area contributed by atoms with E-state index in [0.29, 0.717) is 6.04 Å². The summed E-state index contributed by atoms with van der Waals surface area (Å²) < 4.78 is 0. The zero-order chi connectivity index (χ0) is 12.0. The SMILES string of the molecule is CC(C)CC(CN(C)C)NCc1cc[nH]c1. The first-order valence-corrected chi connectivity index (χ1v) is 6.07. The fraction of sp³-hybridized carbons (Fsp3) is 0.692. The van der Waals surface area contributed by atoms with E-state index in [1.807, 2.05) is 6.20 Å². The maximum absolute atomic E-state index is 3.62. The molecule has 1 aromatic heterocycles. The van der Waals surface area contributed by atoms with Crippen molar-refractivity contribution in [3.05, 3.63) is 24.0 Å². The summed E-state index contributed by atoms with van der Waals surface area (Å²) in [6.07, 6.45) is 5.25. The molecule has 1 heterocycles. The number of aromatic amines is 1. The highest BCUT2D eigenvalue weighted by Crippen LogP contribution is 2.07. The van der Waals surface area contributed by atoms with E-state index in [2.05, 4.69) is 55.4 Å². The molecule has 0 aromatic carbocycles. The molecule has 0 saturated carbocycles. The van der Waals surface area contributed by atoms with Crippen molar-refractivity contribution < 1.29 is 0 Å². The molecular formula is C13H25N3. The van der Waals surface area contributed by atoms with Crippen molar-refractivity contribution in [2.45, 2.75) is 32.9 Å². The predicted molar refractivity (Wildman–Crippen MR) is 69.4 cm³/mol. The molecule has 0 radical (unpaired) electrons. The molecule has 0 aliphatic rings. The third kappa shape index (κ3) is 5.33. The zero-order valence-corrected chi connectivity index (χ0v) is 11.0. The van der Waals surface area contributed by atoms with Gasteiger partial charge in [-0.05, 0) is 38.1 Å². The molecule has 1 unspecified atom stereocenters. The van der Waals surface area contributed by atoms with Crippen molar-refractivity contribution >= 4 is 0 Å². The van der Waals surface area contributed by atoms with Crippen molar-refractivity contribution in [1.29, 1.82) is 0 Å². The second kappa shape index (κ2) is 6.71. The lowest BCUT2D eigenvalue weighted by atomic mass is 10.0. The van der Waals surface area contributed by atoms with E-state index in [0.717, 1.165) is 19.0 Å². The number of hydrogen-bond donors (Lipinski definition) is 2. The molecule has 0 spiro atoms. The van der Waals surface area contributed by atoms with E-state index in [9.17, 15) is 0 Å². The van der Waals surface area contributed by atoms with Gasteiger partial charge in [0.1, 0.15) is 0 Å². The van der Waals surface area contributed by atoms with Gasteiger partial charge in [-0.3, -0.25) is 0 Å². The van der Waals surface area contributed by atoms with Crippen LogP contribution in [-0.2, 0) is 6.54 Å². The normalized spacial score (nSPS) is 13.6. The van der Waals surface area contributed by atoms with E-state index in [1.165, 1.54) is 12.0 Å². The van der Waals surface area contributed by atoms with Crippen molar-refractivity contribution in [3.63, 3.8) is 0 Å². The Morgan fingerprint density at radius 1 is 1.38 bits per heavy atom. The van der Waals surface area contributed by atoms with Crippen LogP contribution in [0.15, 0.2) is 18.5 Å². The van der Waals surface area contributed by atoms with Gasteiger partial charge in [-0.25, -0.2) is 0 Å². The Balaban J connectivity index is 2.37. The van der Waals surface area contributed by atoms with Gasteiger partial charge in [0.15, 0.2) is 0 Å². The van der Waals surface area contributed by atoms with Gasteiger partial charge in [-0.15, -0.1) is 0 Å². The van der Waals surface area contributed by atoms with Gasteiger partial charge >= 0.3 is 0 Å². The fourth-order valence-corrected chi connectivity index (χ4v) is 1.96. The number of nitrogens with one attached hydrogen (secondary N) is 2. The summed E-state index contributed by atoms with van der Waals surface area (Å²) >= 11 is 0. The standard InChI is InChI=1S/C13H25N3/c1-11(2)7-13(10-16(3)4)15-9-12-5-6-14-8-12/h5-6,8,11,13-15H,7,9-10H2,1-4H3. The first-order chi connectivity index (χ1) is 7.58. The Bertz CT molecular complexity index is 255. The topological polar surface area (TPSA) is 31.1 Å². The van der Waals surface area contributed by atoms with Crippen LogP contribution in [0.25, 0.3) is 0 Å². The molecule has 2 N–H and O–H groups in total. The Morgan fingerprint density at radius 2 is 2.12 bits per heavy atom. The molecule has 3 heteroatoms. The summed E-state index contributed by atoms with van der Waals surface area (Å²) in [5.41, 5.74) is 1.33. The Labute approximate surface area is 99.2 Å². The summed E-state index contributed by atoms with van der Waals surface area (Å²) in [6.45, 7) is 6.61. The highest BCUT2D eigenvalue weighted by atomic mass is 15.1. The van der Waals surface area contributed by atoms with Gasteiger partial charge in [0.25, 0.3) is 0 Å². The van der Waals surface area contributed by atoms with Crippen LogP contribution in [0.1, 0.15) is 25.8 Å². The quantitative estimate of drug-likeness (QED) is 0.741. The van der Waals surface area contributed by atoms with Crippen molar-refractivity contribution in [3.8, 4) is 0 Å².